The maximum Gasteiger partial charge on any atom is 0.0597 e. The van der Waals surface area contributed by atoms with Crippen LogP contribution in [0.15, 0.2) is 28.7 Å². The Bertz CT molecular complexity index is 433. The average molecular weight is 354 g/mol. The third kappa shape index (κ3) is 4.30. The van der Waals surface area contributed by atoms with E-state index in [0.29, 0.717) is 30.1 Å². The molecule has 1 heterocycles. The van der Waals surface area contributed by atoms with Gasteiger partial charge >= 0.3 is 0 Å². The van der Waals surface area contributed by atoms with E-state index in [2.05, 4.69) is 73.2 Å². The van der Waals surface area contributed by atoms with Gasteiger partial charge in [0.15, 0.2) is 0 Å². The summed E-state index contributed by atoms with van der Waals surface area (Å²) < 4.78 is 7.20. The zero-order chi connectivity index (χ0) is 15.4. The molecule has 0 radical (unpaired) electrons. The zero-order valence-corrected chi connectivity index (χ0v) is 15.2. The van der Waals surface area contributed by atoms with Crippen molar-refractivity contribution in [3.05, 3.63) is 34.3 Å². The topological polar surface area (TPSA) is 21.3 Å². The summed E-state index contributed by atoms with van der Waals surface area (Å²) in [6, 6.07) is 9.19. The van der Waals surface area contributed by atoms with Gasteiger partial charge in [0.2, 0.25) is 0 Å². The summed E-state index contributed by atoms with van der Waals surface area (Å²) >= 11 is 3.51. The van der Waals surface area contributed by atoms with Crippen molar-refractivity contribution >= 4 is 15.9 Å². The Morgan fingerprint density at radius 2 is 1.81 bits per heavy atom. The number of hydrogen-bond acceptors (Lipinski definition) is 2. The van der Waals surface area contributed by atoms with Crippen LogP contribution >= 0.6 is 15.9 Å². The highest BCUT2D eigenvalue weighted by molar-refractivity contribution is 9.10. The molecule has 1 saturated heterocycles. The summed E-state index contributed by atoms with van der Waals surface area (Å²) in [5.41, 5.74) is 1.39. The van der Waals surface area contributed by atoms with Crippen molar-refractivity contribution < 1.29 is 4.74 Å². The molecule has 2 rings (SSSR count). The van der Waals surface area contributed by atoms with Gasteiger partial charge in [0.1, 0.15) is 0 Å². The first-order valence-corrected chi connectivity index (χ1v) is 8.95. The van der Waals surface area contributed by atoms with E-state index in [4.69, 9.17) is 4.74 Å². The number of nitrogens with one attached hydrogen (secondary N) is 1. The minimum Gasteiger partial charge on any atom is -0.375 e. The highest BCUT2D eigenvalue weighted by atomic mass is 79.9. The predicted molar refractivity (Wildman–Crippen MR) is 92.6 cm³/mol. The summed E-state index contributed by atoms with van der Waals surface area (Å²) in [5.74, 6) is 1.18. The van der Waals surface area contributed by atoms with Crippen LogP contribution in [0.3, 0.4) is 0 Å². The number of benzene rings is 1. The van der Waals surface area contributed by atoms with Crippen molar-refractivity contribution in [1.82, 2.24) is 5.32 Å². The molecule has 0 saturated carbocycles. The molecule has 0 amide bonds. The van der Waals surface area contributed by atoms with Gasteiger partial charge in [-0.15, -0.1) is 0 Å². The van der Waals surface area contributed by atoms with E-state index < -0.39 is 0 Å². The Morgan fingerprint density at radius 3 is 2.33 bits per heavy atom. The van der Waals surface area contributed by atoms with Gasteiger partial charge < -0.3 is 10.1 Å². The molecule has 3 heteroatoms. The van der Waals surface area contributed by atoms with Crippen LogP contribution in [0.5, 0.6) is 0 Å². The minimum absolute atomic E-state index is 0.333. The normalized spacial score (nSPS) is 30.5. The molecule has 5 unspecified atom stereocenters. The van der Waals surface area contributed by atoms with Gasteiger partial charge in [-0.05, 0) is 56.8 Å². The van der Waals surface area contributed by atoms with Gasteiger partial charge in [0.25, 0.3) is 0 Å². The Hall–Kier alpha value is -0.380. The third-order valence-corrected chi connectivity index (χ3v) is 5.34. The quantitative estimate of drug-likeness (QED) is 0.817. The van der Waals surface area contributed by atoms with Gasteiger partial charge in [-0.3, -0.25) is 0 Å². The van der Waals surface area contributed by atoms with E-state index in [1.807, 2.05) is 0 Å². The summed E-state index contributed by atoms with van der Waals surface area (Å²) in [7, 11) is 0. The van der Waals surface area contributed by atoms with Crippen LogP contribution in [-0.4, -0.2) is 24.8 Å². The highest BCUT2D eigenvalue weighted by Gasteiger charge is 2.41. The second kappa shape index (κ2) is 7.75. The van der Waals surface area contributed by atoms with Crippen LogP contribution in [0.1, 0.15) is 39.7 Å². The molecular weight excluding hydrogens is 326 g/mol. The Balaban J connectivity index is 2.12. The van der Waals surface area contributed by atoms with Crippen molar-refractivity contribution in [3.8, 4) is 0 Å². The monoisotopic (exact) mass is 353 g/mol. The second-order valence-electron chi connectivity index (χ2n) is 6.37. The number of rotatable bonds is 6. The van der Waals surface area contributed by atoms with Crippen LogP contribution in [0.25, 0.3) is 0 Å². The Kier molecular flexibility index (Phi) is 6.27. The summed E-state index contributed by atoms with van der Waals surface area (Å²) in [6.45, 7) is 10.1. The first-order valence-electron chi connectivity index (χ1n) is 8.16. The lowest BCUT2D eigenvalue weighted by Gasteiger charge is -2.30. The number of halogens is 1. The molecule has 1 aliphatic rings. The molecule has 21 heavy (non-hydrogen) atoms. The first-order chi connectivity index (χ1) is 10.0. The van der Waals surface area contributed by atoms with E-state index in [9.17, 15) is 0 Å². The zero-order valence-electron chi connectivity index (χ0n) is 13.6. The molecule has 1 N–H and O–H groups in total. The smallest absolute Gasteiger partial charge is 0.0597 e. The number of ether oxygens (including phenoxy) is 1. The fourth-order valence-corrected chi connectivity index (χ4v) is 3.80. The lowest BCUT2D eigenvalue weighted by molar-refractivity contribution is 0.0476. The highest BCUT2D eigenvalue weighted by Crippen LogP contribution is 2.35. The second-order valence-corrected chi connectivity index (χ2v) is 7.29. The van der Waals surface area contributed by atoms with Crippen LogP contribution < -0.4 is 5.32 Å². The SMILES string of the molecule is CCCNC(Cc1ccc(Br)cc1)C1C(C)OC(C)C1C. The molecule has 0 aromatic heterocycles. The van der Waals surface area contributed by atoms with Crippen LogP contribution in [0.4, 0.5) is 0 Å². The molecule has 1 aliphatic heterocycles. The van der Waals surface area contributed by atoms with E-state index in [-0.39, 0.29) is 0 Å². The molecule has 1 aromatic rings. The first kappa shape index (κ1) is 17.0. The standard InChI is InChI=1S/C18H28BrNO/c1-5-10-20-17(11-15-6-8-16(19)9-7-15)18-12(2)13(3)21-14(18)4/h6-9,12-14,17-18,20H,5,10-11H2,1-4H3. The molecular formula is C18H28BrNO. The molecule has 2 nitrogen and oxygen atoms in total. The summed E-state index contributed by atoms with van der Waals surface area (Å²) in [4.78, 5) is 0. The van der Waals surface area contributed by atoms with Crippen molar-refractivity contribution in [2.75, 3.05) is 6.54 Å². The van der Waals surface area contributed by atoms with Crippen LogP contribution in [-0.2, 0) is 11.2 Å². The summed E-state index contributed by atoms with van der Waals surface area (Å²) in [5, 5.41) is 3.76. The maximum atomic E-state index is 6.06. The molecule has 118 valence electrons. The Labute approximate surface area is 137 Å². The van der Waals surface area contributed by atoms with Crippen molar-refractivity contribution in [2.24, 2.45) is 11.8 Å². The number of hydrogen-bond donors (Lipinski definition) is 1. The van der Waals surface area contributed by atoms with Crippen LogP contribution in [0, 0.1) is 11.8 Å². The largest absolute Gasteiger partial charge is 0.375 e. The van der Waals surface area contributed by atoms with Gasteiger partial charge in [0.05, 0.1) is 12.2 Å². The van der Waals surface area contributed by atoms with Crippen molar-refractivity contribution in [3.63, 3.8) is 0 Å². The van der Waals surface area contributed by atoms with E-state index in [0.717, 1.165) is 17.4 Å². The lowest BCUT2D eigenvalue weighted by atomic mass is 9.81. The fraction of sp³-hybridized carbons (Fsp3) is 0.667. The Morgan fingerprint density at radius 1 is 1.14 bits per heavy atom. The van der Waals surface area contributed by atoms with E-state index in [1.165, 1.54) is 12.0 Å². The van der Waals surface area contributed by atoms with Crippen molar-refractivity contribution in [2.45, 2.75) is 58.8 Å². The average Bonchev–Trinajstić information content (AvgIpc) is 2.71. The molecule has 1 fully saturated rings. The third-order valence-electron chi connectivity index (χ3n) is 4.81. The molecule has 0 aliphatic carbocycles. The molecule has 1 aromatic carbocycles. The van der Waals surface area contributed by atoms with Gasteiger partial charge in [0, 0.05) is 16.4 Å². The van der Waals surface area contributed by atoms with E-state index >= 15 is 0 Å². The predicted octanol–water partition coefficient (Wildman–Crippen LogP) is 4.42. The van der Waals surface area contributed by atoms with E-state index in [1.54, 1.807) is 0 Å². The molecule has 5 atom stereocenters. The van der Waals surface area contributed by atoms with Crippen molar-refractivity contribution in [1.29, 1.82) is 0 Å². The minimum atomic E-state index is 0.333. The summed E-state index contributed by atoms with van der Waals surface area (Å²) in [6.07, 6.45) is 2.94. The molecule has 0 bridgehead atoms. The van der Waals surface area contributed by atoms with Gasteiger partial charge in [-0.1, -0.05) is 41.9 Å². The lowest BCUT2D eigenvalue weighted by Crippen LogP contribution is -2.43. The molecule has 0 spiro atoms. The van der Waals surface area contributed by atoms with Gasteiger partial charge in [-0.2, -0.15) is 0 Å². The maximum absolute atomic E-state index is 6.06. The fourth-order valence-electron chi connectivity index (χ4n) is 3.54. The van der Waals surface area contributed by atoms with Crippen LogP contribution in [0.2, 0.25) is 0 Å². The van der Waals surface area contributed by atoms with Gasteiger partial charge in [-0.25, -0.2) is 0 Å².